The Balaban J connectivity index is 2.96. The van der Waals surface area contributed by atoms with Gasteiger partial charge in [0.15, 0.2) is 0 Å². The summed E-state index contributed by atoms with van der Waals surface area (Å²) in [6, 6.07) is 1.72. The van der Waals surface area contributed by atoms with Gasteiger partial charge in [0.2, 0.25) is 5.91 Å². The van der Waals surface area contributed by atoms with E-state index in [2.05, 4.69) is 4.98 Å². The predicted octanol–water partition coefficient (Wildman–Crippen LogP) is 1.36. The van der Waals surface area contributed by atoms with E-state index in [-0.39, 0.29) is 12.0 Å². The fourth-order valence-corrected chi connectivity index (χ4v) is 2.51. The molecule has 3 N–H and O–H groups in total. The quantitative estimate of drug-likeness (QED) is 0.774. The maximum Gasteiger partial charge on any atom is 0.338 e. The lowest BCUT2D eigenvalue weighted by molar-refractivity contribution is -0.117. The maximum atomic E-state index is 11.1. The average molecular weight is 254 g/mol. The average Bonchev–Trinajstić information content (AvgIpc) is 2.14. The van der Waals surface area contributed by atoms with Crippen LogP contribution >= 0.6 is 11.8 Å². The zero-order valence-corrected chi connectivity index (χ0v) is 10.5. The molecule has 5 nitrogen and oxygen atoms in total. The van der Waals surface area contributed by atoms with Crippen LogP contribution in [0.15, 0.2) is 11.1 Å². The van der Waals surface area contributed by atoms with Gasteiger partial charge in [-0.05, 0) is 25.5 Å². The number of nitrogens with two attached hydrogens (primary N) is 1. The van der Waals surface area contributed by atoms with Gasteiger partial charge in [-0.1, -0.05) is 0 Å². The topological polar surface area (TPSA) is 93.3 Å². The molecule has 0 bridgehead atoms. The summed E-state index contributed by atoms with van der Waals surface area (Å²) in [5.41, 5.74) is 6.66. The molecule has 0 aliphatic heterocycles. The molecule has 0 aliphatic rings. The number of pyridine rings is 1. The predicted molar refractivity (Wildman–Crippen MR) is 65.2 cm³/mol. The van der Waals surface area contributed by atoms with E-state index in [4.69, 9.17) is 10.8 Å². The van der Waals surface area contributed by atoms with Crippen molar-refractivity contribution in [1.29, 1.82) is 0 Å². The smallest absolute Gasteiger partial charge is 0.338 e. The highest BCUT2D eigenvalue weighted by atomic mass is 32.2. The molecule has 0 spiro atoms. The molecular formula is C11H14N2O3S. The minimum Gasteiger partial charge on any atom is -0.478 e. The number of hydrogen-bond donors (Lipinski definition) is 2. The second-order valence-corrected chi connectivity index (χ2v) is 4.71. The van der Waals surface area contributed by atoms with E-state index in [1.165, 1.54) is 11.8 Å². The first-order valence-corrected chi connectivity index (χ1v) is 6.03. The molecule has 1 heterocycles. The minimum atomic E-state index is -1.00. The van der Waals surface area contributed by atoms with Gasteiger partial charge in [0.05, 0.1) is 5.56 Å². The van der Waals surface area contributed by atoms with E-state index in [1.54, 1.807) is 19.9 Å². The maximum absolute atomic E-state index is 11.1. The number of amides is 1. The molecule has 1 amide bonds. The Kier molecular flexibility index (Phi) is 4.51. The van der Waals surface area contributed by atoms with Gasteiger partial charge in [-0.25, -0.2) is 9.78 Å². The largest absolute Gasteiger partial charge is 0.478 e. The molecule has 1 aromatic rings. The number of aryl methyl sites for hydroxylation is 2. The van der Waals surface area contributed by atoms with Gasteiger partial charge in [0, 0.05) is 17.9 Å². The monoisotopic (exact) mass is 254 g/mol. The van der Waals surface area contributed by atoms with Crippen LogP contribution in [0.3, 0.4) is 0 Å². The van der Waals surface area contributed by atoms with Gasteiger partial charge >= 0.3 is 5.97 Å². The fourth-order valence-electron chi connectivity index (χ4n) is 1.42. The number of nitrogens with zero attached hydrogens (tertiary/aromatic N) is 1. The summed E-state index contributed by atoms with van der Waals surface area (Å²) in [5.74, 6) is -0.971. The Morgan fingerprint density at radius 1 is 1.47 bits per heavy atom. The van der Waals surface area contributed by atoms with Crippen molar-refractivity contribution in [3.05, 3.63) is 22.9 Å². The number of carboxylic acids is 1. The third kappa shape index (κ3) is 3.74. The minimum absolute atomic E-state index is 0.199. The summed E-state index contributed by atoms with van der Waals surface area (Å²) in [4.78, 5) is 25.9. The van der Waals surface area contributed by atoms with E-state index >= 15 is 0 Å². The highest BCUT2D eigenvalue weighted by molar-refractivity contribution is 7.99. The normalized spacial score (nSPS) is 10.2. The molecule has 0 atom stereocenters. The summed E-state index contributed by atoms with van der Waals surface area (Å²) in [6.07, 6.45) is 0.207. The number of carbonyl (C=O) groups is 2. The lowest BCUT2D eigenvalue weighted by Crippen LogP contribution is -2.11. The second kappa shape index (κ2) is 5.67. The van der Waals surface area contributed by atoms with Crippen molar-refractivity contribution in [3.63, 3.8) is 0 Å². The molecule has 0 aliphatic carbocycles. The van der Waals surface area contributed by atoms with Gasteiger partial charge in [0.1, 0.15) is 5.03 Å². The first kappa shape index (κ1) is 13.5. The lowest BCUT2D eigenvalue weighted by atomic mass is 10.1. The zero-order chi connectivity index (χ0) is 13.0. The fraction of sp³-hybridized carbons (Fsp3) is 0.364. The number of carbonyl (C=O) groups excluding carboxylic acids is 1. The van der Waals surface area contributed by atoms with Gasteiger partial charge in [-0.2, -0.15) is 0 Å². The number of rotatable bonds is 5. The summed E-state index contributed by atoms with van der Waals surface area (Å²) < 4.78 is 0. The van der Waals surface area contributed by atoms with Crippen LogP contribution in [0.4, 0.5) is 0 Å². The van der Waals surface area contributed by atoms with E-state index in [9.17, 15) is 9.59 Å². The number of thioether (sulfide) groups is 1. The molecule has 92 valence electrons. The Morgan fingerprint density at radius 2 is 2.12 bits per heavy atom. The van der Waals surface area contributed by atoms with Gasteiger partial charge in [-0.15, -0.1) is 11.8 Å². The summed E-state index contributed by atoms with van der Waals surface area (Å²) in [7, 11) is 0. The van der Waals surface area contributed by atoms with Crippen LogP contribution in [0.1, 0.15) is 28.0 Å². The van der Waals surface area contributed by atoms with Gasteiger partial charge < -0.3 is 10.8 Å². The van der Waals surface area contributed by atoms with Crippen LogP contribution in [0, 0.1) is 13.8 Å². The molecule has 1 rings (SSSR count). The first-order chi connectivity index (χ1) is 7.91. The number of aromatic nitrogens is 1. The molecule has 6 heteroatoms. The van der Waals surface area contributed by atoms with Crippen molar-refractivity contribution < 1.29 is 14.7 Å². The van der Waals surface area contributed by atoms with Crippen molar-refractivity contribution in [2.45, 2.75) is 25.3 Å². The second-order valence-electron chi connectivity index (χ2n) is 3.63. The highest BCUT2D eigenvalue weighted by Crippen LogP contribution is 2.24. The Bertz CT molecular complexity index is 460. The SMILES string of the molecule is Cc1cc(C)c(C(=O)O)c(SCCC(N)=O)n1. The van der Waals surface area contributed by atoms with Gasteiger partial charge in [-0.3, -0.25) is 4.79 Å². The van der Waals surface area contributed by atoms with Gasteiger partial charge in [0.25, 0.3) is 0 Å². The number of hydrogen-bond acceptors (Lipinski definition) is 4. The Labute approximate surface area is 103 Å². The van der Waals surface area contributed by atoms with Crippen LogP contribution in [0.25, 0.3) is 0 Å². The number of primary amides is 1. The van der Waals surface area contributed by atoms with Crippen LogP contribution in [0.5, 0.6) is 0 Å². The van der Waals surface area contributed by atoms with E-state index in [0.29, 0.717) is 16.3 Å². The third-order valence-corrected chi connectivity index (χ3v) is 3.09. The van der Waals surface area contributed by atoms with Crippen molar-refractivity contribution in [3.8, 4) is 0 Å². The molecule has 17 heavy (non-hydrogen) atoms. The first-order valence-electron chi connectivity index (χ1n) is 5.04. The lowest BCUT2D eigenvalue weighted by Gasteiger charge is -2.08. The van der Waals surface area contributed by atoms with Crippen molar-refractivity contribution in [1.82, 2.24) is 4.98 Å². The van der Waals surface area contributed by atoms with Crippen LogP contribution in [0.2, 0.25) is 0 Å². The summed E-state index contributed by atoms with van der Waals surface area (Å²) in [5, 5.41) is 9.54. The van der Waals surface area contributed by atoms with Crippen LogP contribution in [-0.2, 0) is 4.79 Å². The van der Waals surface area contributed by atoms with Crippen LogP contribution in [-0.4, -0.2) is 27.7 Å². The van der Waals surface area contributed by atoms with E-state index in [0.717, 1.165) is 5.69 Å². The Hall–Kier alpha value is -1.56. The van der Waals surface area contributed by atoms with E-state index in [1.807, 2.05) is 0 Å². The molecule has 0 saturated carbocycles. The number of carboxylic acid groups (broad SMARTS) is 1. The molecule has 0 unspecified atom stereocenters. The molecule has 0 fully saturated rings. The number of aromatic carboxylic acids is 1. The summed E-state index contributed by atoms with van der Waals surface area (Å²) in [6.45, 7) is 3.53. The highest BCUT2D eigenvalue weighted by Gasteiger charge is 2.16. The summed E-state index contributed by atoms with van der Waals surface area (Å²) >= 11 is 1.24. The molecule has 1 aromatic heterocycles. The van der Waals surface area contributed by atoms with E-state index < -0.39 is 11.9 Å². The molecular weight excluding hydrogens is 240 g/mol. The van der Waals surface area contributed by atoms with Crippen LogP contribution < -0.4 is 5.73 Å². The molecule has 0 radical (unpaired) electrons. The zero-order valence-electron chi connectivity index (χ0n) is 9.69. The molecule has 0 saturated heterocycles. The van der Waals surface area contributed by atoms with Crippen molar-refractivity contribution in [2.24, 2.45) is 5.73 Å². The Morgan fingerprint density at radius 3 is 2.65 bits per heavy atom. The van der Waals surface area contributed by atoms with Crippen molar-refractivity contribution >= 4 is 23.6 Å². The van der Waals surface area contributed by atoms with Crippen molar-refractivity contribution in [2.75, 3.05) is 5.75 Å². The standard InChI is InChI=1S/C11H14N2O3S/c1-6-5-7(2)13-10(9(6)11(15)16)17-4-3-8(12)14/h5H,3-4H2,1-2H3,(H2,12,14)(H,15,16). The molecule has 0 aromatic carbocycles. The third-order valence-electron chi connectivity index (χ3n) is 2.11.